The Morgan fingerprint density at radius 3 is 2.68 bits per heavy atom. The summed E-state index contributed by atoms with van der Waals surface area (Å²) in [5, 5.41) is 5.68. The topological polar surface area (TPSA) is 114 Å². The van der Waals surface area contributed by atoms with Crippen molar-refractivity contribution in [1.82, 2.24) is 9.62 Å². The average molecular weight is 452 g/mol. The van der Waals surface area contributed by atoms with Crippen molar-refractivity contribution in [2.75, 3.05) is 31.6 Å². The zero-order chi connectivity index (χ0) is 22.2. The fourth-order valence-corrected chi connectivity index (χ4v) is 5.97. The van der Waals surface area contributed by atoms with Gasteiger partial charge in [-0.1, -0.05) is 0 Å². The van der Waals surface area contributed by atoms with Crippen molar-refractivity contribution in [2.45, 2.75) is 56.6 Å². The minimum absolute atomic E-state index is 0.0318. The zero-order valence-electron chi connectivity index (χ0n) is 17.8. The van der Waals surface area contributed by atoms with Crippen LogP contribution in [0.2, 0.25) is 0 Å². The lowest BCUT2D eigenvalue weighted by atomic mass is 9.97. The molecule has 9 nitrogen and oxygen atoms in total. The van der Waals surface area contributed by atoms with Gasteiger partial charge in [-0.3, -0.25) is 9.59 Å². The van der Waals surface area contributed by atoms with Crippen LogP contribution in [0, 0.1) is 12.8 Å². The molecule has 10 heteroatoms. The highest BCUT2D eigenvalue weighted by atomic mass is 32.2. The lowest BCUT2D eigenvalue weighted by Gasteiger charge is -2.31. The summed E-state index contributed by atoms with van der Waals surface area (Å²) in [4.78, 5) is 24.4. The maximum Gasteiger partial charge on any atom is 0.265 e. The number of fused-ring (bicyclic) bond motifs is 1. The number of amides is 2. The van der Waals surface area contributed by atoms with Crippen molar-refractivity contribution in [2.24, 2.45) is 5.92 Å². The molecule has 170 valence electrons. The van der Waals surface area contributed by atoms with Crippen LogP contribution in [0.5, 0.6) is 5.75 Å². The molecule has 0 unspecified atom stereocenters. The number of hydrogen-bond donors (Lipinski definition) is 2. The first kappa shape index (κ1) is 22.0. The second-order valence-corrected chi connectivity index (χ2v) is 10.3. The summed E-state index contributed by atoms with van der Waals surface area (Å²) in [7, 11) is -3.74. The molecule has 2 N–H and O–H groups in total. The molecule has 31 heavy (non-hydrogen) atoms. The van der Waals surface area contributed by atoms with Gasteiger partial charge in [-0.25, -0.2) is 8.42 Å². The number of nitrogens with one attached hydrogen (secondary N) is 2. The van der Waals surface area contributed by atoms with E-state index in [-0.39, 0.29) is 41.8 Å². The van der Waals surface area contributed by atoms with Crippen LogP contribution in [0.15, 0.2) is 17.0 Å². The van der Waals surface area contributed by atoms with Crippen molar-refractivity contribution in [3.05, 3.63) is 17.7 Å². The Morgan fingerprint density at radius 1 is 1.26 bits per heavy atom. The molecular formula is C21H29N3O6S. The first-order valence-corrected chi connectivity index (χ1v) is 12.2. The Morgan fingerprint density at radius 2 is 2.00 bits per heavy atom. The van der Waals surface area contributed by atoms with E-state index in [9.17, 15) is 18.0 Å². The molecule has 3 heterocycles. The van der Waals surface area contributed by atoms with Crippen LogP contribution < -0.4 is 15.4 Å². The van der Waals surface area contributed by atoms with Crippen LogP contribution in [0.3, 0.4) is 0 Å². The molecule has 0 saturated carbocycles. The Labute approximate surface area is 182 Å². The molecule has 4 rings (SSSR count). The molecule has 0 aliphatic carbocycles. The molecule has 2 amide bonds. The van der Waals surface area contributed by atoms with Crippen LogP contribution in [0.4, 0.5) is 5.69 Å². The van der Waals surface area contributed by atoms with Gasteiger partial charge < -0.3 is 20.1 Å². The molecule has 2 atom stereocenters. The quantitative estimate of drug-likeness (QED) is 0.700. The number of ether oxygens (including phenoxy) is 2. The molecule has 1 aromatic carbocycles. The van der Waals surface area contributed by atoms with Crippen LogP contribution in [0.25, 0.3) is 0 Å². The average Bonchev–Trinajstić information content (AvgIpc) is 3.26. The summed E-state index contributed by atoms with van der Waals surface area (Å²) < 4.78 is 39.1. The van der Waals surface area contributed by atoms with Gasteiger partial charge in [-0.05, 0) is 51.2 Å². The van der Waals surface area contributed by atoms with E-state index in [0.717, 1.165) is 19.4 Å². The fourth-order valence-electron chi connectivity index (χ4n) is 4.28. The van der Waals surface area contributed by atoms with Crippen LogP contribution in [0.1, 0.15) is 38.2 Å². The minimum atomic E-state index is -3.74. The number of piperidine rings is 1. The highest BCUT2D eigenvalue weighted by Gasteiger charge is 2.34. The molecule has 3 aliphatic heterocycles. The number of anilines is 1. The molecule has 0 spiro atoms. The number of rotatable bonds is 5. The standard InChI is InChI=1S/C21H29N3O6S/c1-13-10-17-18(30-14(2)20(25)23-17)11-19(13)31(27,28)24-7-5-15(6-8-24)21(26)22-12-16-4-3-9-29-16/h10-11,14-16H,3-9,12H2,1-2H3,(H,22,26)(H,23,25)/t14-,16-/m1/s1. The van der Waals surface area contributed by atoms with E-state index >= 15 is 0 Å². The van der Waals surface area contributed by atoms with E-state index < -0.39 is 16.1 Å². The first-order valence-electron chi connectivity index (χ1n) is 10.8. The van der Waals surface area contributed by atoms with E-state index in [0.29, 0.717) is 36.4 Å². The maximum atomic E-state index is 13.3. The number of sulfonamides is 1. The van der Waals surface area contributed by atoms with E-state index in [1.165, 1.54) is 10.4 Å². The fraction of sp³-hybridized carbons (Fsp3) is 0.619. The monoisotopic (exact) mass is 451 g/mol. The predicted molar refractivity (Wildman–Crippen MR) is 113 cm³/mol. The van der Waals surface area contributed by atoms with E-state index in [2.05, 4.69) is 10.6 Å². The number of hydrogen-bond acceptors (Lipinski definition) is 6. The van der Waals surface area contributed by atoms with Crippen molar-refractivity contribution >= 4 is 27.5 Å². The number of carbonyl (C=O) groups excluding carboxylic acids is 2. The molecule has 0 bridgehead atoms. The first-order chi connectivity index (χ1) is 14.8. The lowest BCUT2D eigenvalue weighted by molar-refractivity contribution is -0.126. The van der Waals surface area contributed by atoms with E-state index in [1.54, 1.807) is 19.9 Å². The third-order valence-electron chi connectivity index (χ3n) is 6.18. The summed E-state index contributed by atoms with van der Waals surface area (Å²) in [6.45, 7) is 5.13. The molecule has 0 radical (unpaired) electrons. The minimum Gasteiger partial charge on any atom is -0.479 e. The van der Waals surface area contributed by atoms with Gasteiger partial charge in [0.25, 0.3) is 5.91 Å². The van der Waals surface area contributed by atoms with Gasteiger partial charge in [0, 0.05) is 38.2 Å². The second-order valence-electron chi connectivity index (χ2n) is 8.42. The Hall–Kier alpha value is -2.17. The van der Waals surface area contributed by atoms with Crippen molar-refractivity contribution in [1.29, 1.82) is 0 Å². The normalized spacial score (nSPS) is 24.9. The zero-order valence-corrected chi connectivity index (χ0v) is 18.7. The van der Waals surface area contributed by atoms with Crippen LogP contribution >= 0.6 is 0 Å². The van der Waals surface area contributed by atoms with Gasteiger partial charge in [0.05, 0.1) is 16.7 Å². The van der Waals surface area contributed by atoms with Gasteiger partial charge >= 0.3 is 0 Å². The second kappa shape index (κ2) is 8.76. The van der Waals surface area contributed by atoms with Gasteiger partial charge in [-0.2, -0.15) is 4.31 Å². The van der Waals surface area contributed by atoms with Gasteiger partial charge in [0.2, 0.25) is 15.9 Å². The largest absolute Gasteiger partial charge is 0.479 e. The molecule has 0 aromatic heterocycles. The molecule has 3 aliphatic rings. The van der Waals surface area contributed by atoms with Gasteiger partial charge in [0.1, 0.15) is 5.75 Å². The molecule has 2 fully saturated rings. The van der Waals surface area contributed by atoms with Gasteiger partial charge in [0.15, 0.2) is 6.10 Å². The van der Waals surface area contributed by atoms with Crippen LogP contribution in [-0.2, 0) is 24.3 Å². The summed E-state index contributed by atoms with van der Waals surface area (Å²) in [6.07, 6.45) is 2.34. The number of carbonyl (C=O) groups is 2. The Kier molecular flexibility index (Phi) is 6.23. The molecule has 2 saturated heterocycles. The van der Waals surface area contributed by atoms with Crippen molar-refractivity contribution in [3.63, 3.8) is 0 Å². The number of nitrogens with zero attached hydrogens (tertiary/aromatic N) is 1. The highest BCUT2D eigenvalue weighted by molar-refractivity contribution is 7.89. The molecular weight excluding hydrogens is 422 g/mol. The Balaban J connectivity index is 1.40. The molecule has 1 aromatic rings. The maximum absolute atomic E-state index is 13.3. The third kappa shape index (κ3) is 4.56. The SMILES string of the molecule is Cc1cc2c(cc1S(=O)(=O)N1CCC(C(=O)NC[C@H]3CCCO3)CC1)O[C@H](C)C(=O)N2. The van der Waals surface area contributed by atoms with Crippen LogP contribution in [-0.4, -0.2) is 63.0 Å². The van der Waals surface area contributed by atoms with E-state index in [4.69, 9.17) is 9.47 Å². The predicted octanol–water partition coefficient (Wildman–Crippen LogP) is 1.41. The summed E-state index contributed by atoms with van der Waals surface area (Å²) in [6, 6.07) is 3.10. The third-order valence-corrected chi connectivity index (χ3v) is 8.22. The summed E-state index contributed by atoms with van der Waals surface area (Å²) in [5.41, 5.74) is 1.01. The Bertz CT molecular complexity index is 966. The van der Waals surface area contributed by atoms with Crippen molar-refractivity contribution < 1.29 is 27.5 Å². The number of aryl methyl sites for hydroxylation is 1. The summed E-state index contributed by atoms with van der Waals surface area (Å²) >= 11 is 0. The highest BCUT2D eigenvalue weighted by Crippen LogP contribution is 2.36. The van der Waals surface area contributed by atoms with Gasteiger partial charge in [-0.15, -0.1) is 0 Å². The smallest absolute Gasteiger partial charge is 0.265 e. The summed E-state index contributed by atoms with van der Waals surface area (Å²) in [5.74, 6) is -0.144. The number of benzene rings is 1. The lowest BCUT2D eigenvalue weighted by Crippen LogP contribution is -2.44. The van der Waals surface area contributed by atoms with E-state index in [1.807, 2.05) is 0 Å². The van der Waals surface area contributed by atoms with Crippen molar-refractivity contribution in [3.8, 4) is 5.75 Å².